The van der Waals surface area contributed by atoms with Gasteiger partial charge < -0.3 is 10.5 Å². The molecule has 0 aliphatic carbocycles. The van der Waals surface area contributed by atoms with E-state index in [0.717, 1.165) is 25.2 Å². The van der Waals surface area contributed by atoms with Crippen LogP contribution in [0.2, 0.25) is 0 Å². The van der Waals surface area contributed by atoms with Gasteiger partial charge in [-0.25, -0.2) is 0 Å². The quantitative estimate of drug-likeness (QED) is 0.572. The maximum atomic E-state index is 8.81. The van der Waals surface area contributed by atoms with Gasteiger partial charge in [-0.15, -0.1) is 0 Å². The Bertz CT molecular complexity index is 52.9. The van der Waals surface area contributed by atoms with Crippen LogP contribution in [-0.4, -0.2) is 12.8 Å². The van der Waals surface area contributed by atoms with Gasteiger partial charge in [0.25, 0.3) is 0 Å². The molecule has 0 aromatic rings. The Hall–Kier alpha value is -0.370. The lowest BCUT2D eigenvalue weighted by molar-refractivity contribution is -0.106. The molecule has 0 saturated heterocycles. The van der Waals surface area contributed by atoms with E-state index in [1.807, 2.05) is 0 Å². The van der Waals surface area contributed by atoms with Crippen molar-refractivity contribution in [3.8, 4) is 0 Å². The summed E-state index contributed by atoms with van der Waals surface area (Å²) in [4.78, 5) is 8.81. The van der Waals surface area contributed by atoms with Crippen molar-refractivity contribution in [2.24, 2.45) is 11.7 Å². The number of hydrogen-bond donors (Lipinski definition) is 1. The molecule has 0 unspecified atom stereocenters. The monoisotopic (exact) mass is 131 g/mol. The van der Waals surface area contributed by atoms with Crippen molar-refractivity contribution in [3.63, 3.8) is 0 Å². The fourth-order valence-electron chi connectivity index (χ4n) is 0.333. The number of nitrogens with two attached hydrogens (primary N) is 1. The molecule has 0 aromatic carbocycles. The Balaban J connectivity index is 0. The Labute approximate surface area is 57.4 Å². The van der Waals surface area contributed by atoms with E-state index in [1.54, 1.807) is 0 Å². The van der Waals surface area contributed by atoms with Crippen molar-refractivity contribution in [3.05, 3.63) is 0 Å². The second-order valence-corrected chi connectivity index (χ2v) is 2.21. The molecule has 2 N–H and O–H groups in total. The van der Waals surface area contributed by atoms with Crippen LogP contribution in [0.3, 0.4) is 0 Å². The van der Waals surface area contributed by atoms with Crippen LogP contribution in [0, 0.1) is 5.92 Å². The number of carbonyl (C=O) groups is 1. The van der Waals surface area contributed by atoms with E-state index in [-0.39, 0.29) is 0 Å². The van der Waals surface area contributed by atoms with E-state index in [0.29, 0.717) is 0 Å². The summed E-state index contributed by atoms with van der Waals surface area (Å²) in [5.41, 5.74) is 5.23. The SMILES string of the molecule is CC(C)CCN.CC=O. The zero-order chi connectivity index (χ0) is 7.70. The summed E-state index contributed by atoms with van der Waals surface area (Å²) in [6, 6.07) is 0. The molecule has 9 heavy (non-hydrogen) atoms. The van der Waals surface area contributed by atoms with Crippen LogP contribution in [0.5, 0.6) is 0 Å². The molecular weight excluding hydrogens is 114 g/mol. The fourth-order valence-corrected chi connectivity index (χ4v) is 0.333. The minimum atomic E-state index is 0.750. The van der Waals surface area contributed by atoms with E-state index in [2.05, 4.69) is 13.8 Å². The predicted molar refractivity (Wildman–Crippen MR) is 40.2 cm³/mol. The van der Waals surface area contributed by atoms with Crippen molar-refractivity contribution in [2.45, 2.75) is 27.2 Å². The first kappa shape index (κ1) is 11.4. The van der Waals surface area contributed by atoms with Crippen LogP contribution < -0.4 is 5.73 Å². The summed E-state index contributed by atoms with van der Waals surface area (Å²) in [6.07, 6.45) is 1.90. The summed E-state index contributed by atoms with van der Waals surface area (Å²) in [5.74, 6) is 0.773. The van der Waals surface area contributed by atoms with Gasteiger partial charge in [-0.3, -0.25) is 0 Å². The van der Waals surface area contributed by atoms with Crippen LogP contribution in [-0.2, 0) is 4.79 Å². The lowest BCUT2D eigenvalue weighted by Gasteiger charge is -1.96. The molecule has 0 amide bonds. The molecule has 0 aliphatic heterocycles. The first-order chi connectivity index (χ1) is 4.18. The molecule has 0 spiro atoms. The smallest absolute Gasteiger partial charge is 0.116 e. The first-order valence-electron chi connectivity index (χ1n) is 3.28. The van der Waals surface area contributed by atoms with Gasteiger partial charge in [-0.2, -0.15) is 0 Å². The van der Waals surface area contributed by atoms with Gasteiger partial charge in [0.15, 0.2) is 0 Å². The minimum absolute atomic E-state index is 0.750. The molecular formula is C7H17NO. The van der Waals surface area contributed by atoms with Crippen LogP contribution >= 0.6 is 0 Å². The van der Waals surface area contributed by atoms with Crippen LogP contribution in [0.25, 0.3) is 0 Å². The Morgan fingerprint density at radius 2 is 1.89 bits per heavy atom. The molecule has 56 valence electrons. The van der Waals surface area contributed by atoms with Crippen LogP contribution in [0.1, 0.15) is 27.2 Å². The zero-order valence-electron chi connectivity index (χ0n) is 6.55. The standard InChI is InChI=1S/C5H13N.C2H4O/c1-5(2)3-4-6;1-2-3/h5H,3-4,6H2,1-2H3;2H,1H3. The number of aldehydes is 1. The third-order valence-electron chi connectivity index (χ3n) is 0.744. The fraction of sp³-hybridized carbons (Fsp3) is 0.857. The zero-order valence-corrected chi connectivity index (χ0v) is 6.55. The van der Waals surface area contributed by atoms with E-state index in [9.17, 15) is 0 Å². The summed E-state index contributed by atoms with van der Waals surface area (Å²) in [7, 11) is 0. The predicted octanol–water partition coefficient (Wildman–Crippen LogP) is 1.20. The second kappa shape index (κ2) is 10.6. The highest BCUT2D eigenvalue weighted by molar-refractivity contribution is 5.44. The van der Waals surface area contributed by atoms with E-state index >= 15 is 0 Å². The minimum Gasteiger partial charge on any atom is -0.330 e. The molecule has 0 saturated carbocycles. The van der Waals surface area contributed by atoms with E-state index in [1.165, 1.54) is 6.92 Å². The van der Waals surface area contributed by atoms with Gasteiger partial charge in [0, 0.05) is 0 Å². The lowest BCUT2D eigenvalue weighted by Crippen LogP contribution is -2.01. The molecule has 0 rings (SSSR count). The first-order valence-corrected chi connectivity index (χ1v) is 3.28. The Kier molecular flexibility index (Phi) is 13.4. The van der Waals surface area contributed by atoms with Gasteiger partial charge >= 0.3 is 0 Å². The maximum Gasteiger partial charge on any atom is 0.116 e. The number of carbonyl (C=O) groups excluding carboxylic acids is 1. The van der Waals surface area contributed by atoms with Crippen LogP contribution in [0.4, 0.5) is 0 Å². The summed E-state index contributed by atoms with van der Waals surface area (Å²) < 4.78 is 0. The topological polar surface area (TPSA) is 43.1 Å². The highest BCUT2D eigenvalue weighted by atomic mass is 16.1. The molecule has 0 atom stereocenters. The van der Waals surface area contributed by atoms with Crippen molar-refractivity contribution in [1.29, 1.82) is 0 Å². The molecule has 2 nitrogen and oxygen atoms in total. The molecule has 0 heterocycles. The van der Waals surface area contributed by atoms with E-state index in [4.69, 9.17) is 10.5 Å². The van der Waals surface area contributed by atoms with Gasteiger partial charge in [0.2, 0.25) is 0 Å². The third kappa shape index (κ3) is 35.0. The molecule has 0 aliphatic rings. The third-order valence-corrected chi connectivity index (χ3v) is 0.744. The average molecular weight is 131 g/mol. The van der Waals surface area contributed by atoms with E-state index < -0.39 is 0 Å². The van der Waals surface area contributed by atoms with Crippen molar-refractivity contribution < 1.29 is 4.79 Å². The summed E-state index contributed by atoms with van der Waals surface area (Å²) in [5, 5.41) is 0. The van der Waals surface area contributed by atoms with Gasteiger partial charge in [0.1, 0.15) is 6.29 Å². The van der Waals surface area contributed by atoms with Gasteiger partial charge in [-0.05, 0) is 25.8 Å². The summed E-state index contributed by atoms with van der Waals surface area (Å²) in [6.45, 7) is 6.62. The largest absolute Gasteiger partial charge is 0.330 e. The van der Waals surface area contributed by atoms with Crippen molar-refractivity contribution in [2.75, 3.05) is 6.54 Å². The van der Waals surface area contributed by atoms with Crippen molar-refractivity contribution in [1.82, 2.24) is 0 Å². The highest BCUT2D eigenvalue weighted by Crippen LogP contribution is 1.93. The lowest BCUT2D eigenvalue weighted by atomic mass is 10.1. The Morgan fingerprint density at radius 1 is 1.56 bits per heavy atom. The molecule has 2 heteroatoms. The molecule has 0 radical (unpaired) electrons. The normalized spacial score (nSPS) is 8.11. The van der Waals surface area contributed by atoms with Crippen LogP contribution in [0.15, 0.2) is 0 Å². The van der Waals surface area contributed by atoms with Gasteiger partial charge in [0.05, 0.1) is 0 Å². The molecule has 0 fully saturated rings. The average Bonchev–Trinajstić information content (AvgIpc) is 1.67. The molecule has 0 bridgehead atoms. The molecule has 0 aromatic heterocycles. The van der Waals surface area contributed by atoms with Gasteiger partial charge in [-0.1, -0.05) is 13.8 Å². The second-order valence-electron chi connectivity index (χ2n) is 2.21. The van der Waals surface area contributed by atoms with Crippen molar-refractivity contribution >= 4 is 6.29 Å². The maximum absolute atomic E-state index is 8.81. The number of rotatable bonds is 2. The Morgan fingerprint density at radius 3 is 1.89 bits per heavy atom. The number of hydrogen-bond acceptors (Lipinski definition) is 2. The summed E-state index contributed by atoms with van der Waals surface area (Å²) >= 11 is 0. The highest BCUT2D eigenvalue weighted by Gasteiger charge is 1.85.